The van der Waals surface area contributed by atoms with Crippen LogP contribution in [0.15, 0.2) is 35.2 Å². The summed E-state index contributed by atoms with van der Waals surface area (Å²) >= 11 is 0. The second kappa shape index (κ2) is 7.16. The van der Waals surface area contributed by atoms with Crippen LogP contribution in [0.25, 0.3) is 0 Å². The number of hydrogen-bond acceptors (Lipinski definition) is 5. The van der Waals surface area contributed by atoms with Crippen molar-refractivity contribution >= 4 is 12.0 Å². The fourth-order valence-corrected chi connectivity index (χ4v) is 2.74. The van der Waals surface area contributed by atoms with Crippen LogP contribution in [0.1, 0.15) is 34.2 Å². The van der Waals surface area contributed by atoms with E-state index in [9.17, 15) is 9.59 Å². The molecule has 3 heterocycles. The fraction of sp³-hybridized carbons (Fsp3) is 0.353. The molecular formula is C17H19N3O4. The first-order chi connectivity index (χ1) is 11.7. The first-order valence-corrected chi connectivity index (χ1v) is 7.87. The molecule has 0 spiro atoms. The number of nitrogens with zero attached hydrogens (tertiary/aromatic N) is 2. The van der Waals surface area contributed by atoms with E-state index in [1.807, 2.05) is 0 Å². The Hall–Kier alpha value is -2.83. The highest BCUT2D eigenvalue weighted by atomic mass is 16.6. The predicted octanol–water partition coefficient (Wildman–Crippen LogP) is 2.12. The molecule has 0 unspecified atom stereocenters. The van der Waals surface area contributed by atoms with Gasteiger partial charge >= 0.3 is 6.09 Å². The molecule has 0 aliphatic carbocycles. The van der Waals surface area contributed by atoms with Gasteiger partial charge in [0.25, 0.3) is 5.91 Å². The highest BCUT2D eigenvalue weighted by Crippen LogP contribution is 2.22. The fourth-order valence-electron chi connectivity index (χ4n) is 2.74. The molecule has 0 atom stereocenters. The van der Waals surface area contributed by atoms with Gasteiger partial charge in [-0.05, 0) is 36.6 Å². The lowest BCUT2D eigenvalue weighted by molar-refractivity contribution is 0.0944. The van der Waals surface area contributed by atoms with Crippen molar-refractivity contribution in [2.24, 2.45) is 0 Å². The predicted molar refractivity (Wildman–Crippen MR) is 85.3 cm³/mol. The first kappa shape index (κ1) is 16.0. The maximum absolute atomic E-state index is 12.4. The zero-order chi connectivity index (χ0) is 16.9. The number of rotatable bonds is 4. The summed E-state index contributed by atoms with van der Waals surface area (Å²) < 4.78 is 10.2. The molecule has 7 heteroatoms. The lowest BCUT2D eigenvalue weighted by atomic mass is 9.97. The van der Waals surface area contributed by atoms with E-state index in [1.54, 1.807) is 42.6 Å². The summed E-state index contributed by atoms with van der Waals surface area (Å²) in [7, 11) is 0. The van der Waals surface area contributed by atoms with Gasteiger partial charge < -0.3 is 19.4 Å². The lowest BCUT2D eigenvalue weighted by Gasteiger charge is -2.28. The van der Waals surface area contributed by atoms with Crippen molar-refractivity contribution in [2.75, 3.05) is 13.2 Å². The number of furan rings is 1. The number of fused-ring (bicyclic) bond motifs is 1. The number of aromatic nitrogens is 1. The average Bonchev–Trinajstić information content (AvgIpc) is 3.12. The summed E-state index contributed by atoms with van der Waals surface area (Å²) in [5, 5.41) is 2.83. The molecule has 2 amide bonds. The van der Waals surface area contributed by atoms with E-state index in [0.29, 0.717) is 44.0 Å². The molecule has 1 N–H and O–H groups in total. The van der Waals surface area contributed by atoms with Gasteiger partial charge in [-0.25, -0.2) is 4.79 Å². The van der Waals surface area contributed by atoms with Crippen LogP contribution in [-0.4, -0.2) is 35.0 Å². The van der Waals surface area contributed by atoms with Crippen molar-refractivity contribution in [1.29, 1.82) is 0 Å². The third-order valence-corrected chi connectivity index (χ3v) is 3.91. The van der Waals surface area contributed by atoms with E-state index < -0.39 is 0 Å². The highest BCUT2D eigenvalue weighted by molar-refractivity contribution is 5.95. The van der Waals surface area contributed by atoms with Crippen LogP contribution in [0.5, 0.6) is 0 Å². The monoisotopic (exact) mass is 329 g/mol. The summed E-state index contributed by atoms with van der Waals surface area (Å²) in [6, 6.07) is 3.58. The van der Waals surface area contributed by atoms with Crippen molar-refractivity contribution < 1.29 is 18.7 Å². The molecule has 7 nitrogen and oxygen atoms in total. The zero-order valence-corrected chi connectivity index (χ0v) is 13.4. The largest absolute Gasteiger partial charge is 0.467 e. The van der Waals surface area contributed by atoms with Crippen LogP contribution in [-0.2, 0) is 24.2 Å². The van der Waals surface area contributed by atoms with Crippen molar-refractivity contribution in [1.82, 2.24) is 15.2 Å². The van der Waals surface area contributed by atoms with Crippen LogP contribution >= 0.6 is 0 Å². The molecule has 24 heavy (non-hydrogen) atoms. The molecule has 0 radical (unpaired) electrons. The third kappa shape index (κ3) is 3.40. The molecular weight excluding hydrogens is 310 g/mol. The third-order valence-electron chi connectivity index (χ3n) is 3.91. The van der Waals surface area contributed by atoms with Gasteiger partial charge in [-0.3, -0.25) is 9.78 Å². The van der Waals surface area contributed by atoms with E-state index in [0.717, 1.165) is 11.1 Å². The molecule has 0 bridgehead atoms. The van der Waals surface area contributed by atoms with Crippen LogP contribution in [0.3, 0.4) is 0 Å². The Kier molecular flexibility index (Phi) is 4.79. The summed E-state index contributed by atoms with van der Waals surface area (Å²) in [5.41, 5.74) is 2.35. The molecule has 3 rings (SSSR count). The quantitative estimate of drug-likeness (QED) is 0.929. The number of hydrogen-bond donors (Lipinski definition) is 1. The molecule has 126 valence electrons. The van der Waals surface area contributed by atoms with Crippen molar-refractivity contribution in [2.45, 2.75) is 26.4 Å². The second-order valence-electron chi connectivity index (χ2n) is 5.46. The van der Waals surface area contributed by atoms with Gasteiger partial charge in [-0.1, -0.05) is 0 Å². The summed E-state index contributed by atoms with van der Waals surface area (Å²) in [6.07, 6.45) is 5.09. The number of carbonyl (C=O) groups excluding carboxylic acids is 2. The number of ether oxygens (including phenoxy) is 1. The molecule has 1 aliphatic heterocycles. The molecule has 0 fully saturated rings. The number of amides is 2. The minimum Gasteiger partial charge on any atom is -0.467 e. The minimum absolute atomic E-state index is 0.194. The standard InChI is InChI=1S/C17H19N3O4/c1-2-23-17(22)20-6-5-14-12(11-20)8-18-10-15(14)16(21)19-9-13-4-3-7-24-13/h3-4,7-8,10H,2,5-6,9,11H2,1H3,(H,19,21). The Morgan fingerprint density at radius 1 is 1.42 bits per heavy atom. The molecule has 2 aromatic heterocycles. The number of carbonyl (C=O) groups is 2. The van der Waals surface area contributed by atoms with Gasteiger partial charge in [0.05, 0.1) is 31.5 Å². The maximum atomic E-state index is 12.4. The van der Waals surface area contributed by atoms with Crippen LogP contribution in [0.2, 0.25) is 0 Å². The Balaban J connectivity index is 1.71. The zero-order valence-electron chi connectivity index (χ0n) is 13.4. The SMILES string of the molecule is CCOC(=O)N1CCc2c(cncc2C(=O)NCc2ccco2)C1. The van der Waals surface area contributed by atoms with Crippen LogP contribution < -0.4 is 5.32 Å². The average molecular weight is 329 g/mol. The van der Waals surface area contributed by atoms with Gasteiger partial charge in [0.1, 0.15) is 5.76 Å². The Labute approximate surface area is 139 Å². The second-order valence-corrected chi connectivity index (χ2v) is 5.46. The van der Waals surface area contributed by atoms with Crippen molar-refractivity contribution in [3.8, 4) is 0 Å². The summed E-state index contributed by atoms with van der Waals surface area (Å²) in [5.74, 6) is 0.495. The topological polar surface area (TPSA) is 84.7 Å². The van der Waals surface area contributed by atoms with E-state index in [4.69, 9.17) is 9.15 Å². The Morgan fingerprint density at radius 3 is 3.04 bits per heavy atom. The Bertz CT molecular complexity index is 727. The summed E-state index contributed by atoms with van der Waals surface area (Å²) in [4.78, 5) is 30.0. The van der Waals surface area contributed by atoms with Gasteiger partial charge in [0.15, 0.2) is 0 Å². The van der Waals surface area contributed by atoms with Gasteiger partial charge in [0.2, 0.25) is 0 Å². The van der Waals surface area contributed by atoms with E-state index in [2.05, 4.69) is 10.3 Å². The highest BCUT2D eigenvalue weighted by Gasteiger charge is 2.25. The first-order valence-electron chi connectivity index (χ1n) is 7.87. The maximum Gasteiger partial charge on any atom is 0.410 e. The molecule has 0 saturated heterocycles. The van der Waals surface area contributed by atoms with E-state index >= 15 is 0 Å². The molecule has 0 aromatic carbocycles. The minimum atomic E-state index is -0.337. The molecule has 1 aliphatic rings. The van der Waals surface area contributed by atoms with Crippen LogP contribution in [0.4, 0.5) is 4.79 Å². The smallest absolute Gasteiger partial charge is 0.410 e. The number of nitrogens with one attached hydrogen (secondary N) is 1. The summed E-state index contributed by atoms with van der Waals surface area (Å²) in [6.45, 7) is 3.37. The van der Waals surface area contributed by atoms with Crippen LogP contribution in [0, 0.1) is 0 Å². The molecule has 2 aromatic rings. The van der Waals surface area contributed by atoms with E-state index in [-0.39, 0.29) is 12.0 Å². The number of pyridine rings is 1. The van der Waals surface area contributed by atoms with Crippen molar-refractivity contribution in [3.05, 3.63) is 53.2 Å². The molecule has 0 saturated carbocycles. The van der Waals surface area contributed by atoms with E-state index in [1.165, 1.54) is 0 Å². The van der Waals surface area contributed by atoms with Crippen molar-refractivity contribution in [3.63, 3.8) is 0 Å². The van der Waals surface area contributed by atoms with Gasteiger partial charge in [-0.15, -0.1) is 0 Å². The Morgan fingerprint density at radius 2 is 2.29 bits per heavy atom. The normalized spacial score (nSPS) is 13.3. The lowest BCUT2D eigenvalue weighted by Crippen LogP contribution is -2.37. The van der Waals surface area contributed by atoms with Gasteiger partial charge in [-0.2, -0.15) is 0 Å². The van der Waals surface area contributed by atoms with Gasteiger partial charge in [0, 0.05) is 18.9 Å².